The molecule has 0 spiro atoms. The smallest absolute Gasteiger partial charge is 0.119 e. The van der Waals surface area contributed by atoms with E-state index in [4.69, 9.17) is 4.74 Å². The summed E-state index contributed by atoms with van der Waals surface area (Å²) in [6.07, 6.45) is 1.83. The molecule has 1 aromatic carbocycles. The predicted octanol–water partition coefficient (Wildman–Crippen LogP) is 1.82. The molecule has 0 atom stereocenters. The second-order valence-corrected chi connectivity index (χ2v) is 3.91. The van der Waals surface area contributed by atoms with Gasteiger partial charge in [0.25, 0.3) is 0 Å². The lowest BCUT2D eigenvalue weighted by Crippen LogP contribution is -2.07. The highest BCUT2D eigenvalue weighted by molar-refractivity contribution is 5.64. The fourth-order valence-corrected chi connectivity index (χ4v) is 1.92. The average molecular weight is 231 g/mol. The SMILES string of the molecule is CNCc1ncn(C)c1-c1cccc(OC)c1. The number of aromatic nitrogens is 2. The lowest BCUT2D eigenvalue weighted by atomic mass is 10.1. The Balaban J connectivity index is 2.47. The van der Waals surface area contributed by atoms with Crippen LogP contribution in [0.1, 0.15) is 5.69 Å². The molecule has 0 amide bonds. The van der Waals surface area contributed by atoms with Gasteiger partial charge in [0.15, 0.2) is 0 Å². The summed E-state index contributed by atoms with van der Waals surface area (Å²) >= 11 is 0. The van der Waals surface area contributed by atoms with Crippen LogP contribution in [0.5, 0.6) is 5.75 Å². The van der Waals surface area contributed by atoms with Gasteiger partial charge in [0.05, 0.1) is 24.8 Å². The second kappa shape index (κ2) is 5.01. The molecule has 1 aromatic heterocycles. The van der Waals surface area contributed by atoms with Gasteiger partial charge in [0.2, 0.25) is 0 Å². The van der Waals surface area contributed by atoms with E-state index in [1.54, 1.807) is 7.11 Å². The van der Waals surface area contributed by atoms with Crippen molar-refractivity contribution in [1.82, 2.24) is 14.9 Å². The van der Waals surface area contributed by atoms with Crippen molar-refractivity contribution in [2.24, 2.45) is 7.05 Å². The van der Waals surface area contributed by atoms with E-state index in [1.165, 1.54) is 0 Å². The van der Waals surface area contributed by atoms with Gasteiger partial charge in [-0.05, 0) is 19.2 Å². The highest BCUT2D eigenvalue weighted by atomic mass is 16.5. The van der Waals surface area contributed by atoms with Gasteiger partial charge >= 0.3 is 0 Å². The van der Waals surface area contributed by atoms with Crippen LogP contribution in [0, 0.1) is 0 Å². The summed E-state index contributed by atoms with van der Waals surface area (Å²) in [6, 6.07) is 8.02. The molecule has 4 heteroatoms. The van der Waals surface area contributed by atoms with Gasteiger partial charge in [0, 0.05) is 19.2 Å². The fraction of sp³-hybridized carbons (Fsp3) is 0.308. The Morgan fingerprint density at radius 1 is 1.41 bits per heavy atom. The van der Waals surface area contributed by atoms with Crippen LogP contribution < -0.4 is 10.1 Å². The number of rotatable bonds is 4. The van der Waals surface area contributed by atoms with Crippen LogP contribution >= 0.6 is 0 Å². The number of hydrogen-bond donors (Lipinski definition) is 1. The van der Waals surface area contributed by atoms with Crippen molar-refractivity contribution in [3.63, 3.8) is 0 Å². The minimum Gasteiger partial charge on any atom is -0.497 e. The number of benzene rings is 1. The van der Waals surface area contributed by atoms with Gasteiger partial charge < -0.3 is 14.6 Å². The molecular formula is C13H17N3O. The van der Waals surface area contributed by atoms with E-state index in [9.17, 15) is 0 Å². The van der Waals surface area contributed by atoms with Gasteiger partial charge in [-0.1, -0.05) is 12.1 Å². The molecule has 0 unspecified atom stereocenters. The highest BCUT2D eigenvalue weighted by Crippen LogP contribution is 2.25. The summed E-state index contributed by atoms with van der Waals surface area (Å²) in [5, 5.41) is 3.13. The first-order valence-corrected chi connectivity index (χ1v) is 5.55. The summed E-state index contributed by atoms with van der Waals surface area (Å²) in [4.78, 5) is 4.40. The standard InChI is InChI=1S/C13H17N3O/c1-14-8-12-13(16(2)9-15-12)10-5-4-6-11(7-10)17-3/h4-7,9,14H,8H2,1-3H3. The molecule has 1 heterocycles. The van der Waals surface area contributed by atoms with Gasteiger partial charge in [-0.3, -0.25) is 0 Å². The number of aryl methyl sites for hydroxylation is 1. The molecular weight excluding hydrogens is 214 g/mol. The van der Waals surface area contributed by atoms with E-state index in [0.29, 0.717) is 0 Å². The second-order valence-electron chi connectivity index (χ2n) is 3.91. The monoisotopic (exact) mass is 231 g/mol. The summed E-state index contributed by atoms with van der Waals surface area (Å²) < 4.78 is 7.28. The van der Waals surface area contributed by atoms with E-state index < -0.39 is 0 Å². The first-order valence-electron chi connectivity index (χ1n) is 5.55. The minimum atomic E-state index is 0.757. The summed E-state index contributed by atoms with van der Waals surface area (Å²) in [6.45, 7) is 0.757. The Labute approximate surface area is 101 Å². The molecule has 0 saturated heterocycles. The van der Waals surface area contributed by atoms with Crippen LogP contribution in [0.3, 0.4) is 0 Å². The number of nitrogens with zero attached hydrogens (tertiary/aromatic N) is 2. The normalized spacial score (nSPS) is 10.5. The van der Waals surface area contributed by atoms with Crippen LogP contribution in [0.2, 0.25) is 0 Å². The number of methoxy groups -OCH3 is 1. The van der Waals surface area contributed by atoms with Crippen LogP contribution in [0.4, 0.5) is 0 Å². The van der Waals surface area contributed by atoms with Crippen molar-refractivity contribution >= 4 is 0 Å². The molecule has 17 heavy (non-hydrogen) atoms. The number of ether oxygens (including phenoxy) is 1. The number of imidazole rings is 1. The lowest BCUT2D eigenvalue weighted by molar-refractivity contribution is 0.415. The molecule has 0 bridgehead atoms. The van der Waals surface area contributed by atoms with E-state index >= 15 is 0 Å². The minimum absolute atomic E-state index is 0.757. The maximum atomic E-state index is 5.25. The molecule has 0 aliphatic carbocycles. The molecule has 0 fully saturated rings. The molecule has 2 rings (SSSR count). The first kappa shape index (κ1) is 11.7. The third kappa shape index (κ3) is 2.31. The molecule has 1 N–H and O–H groups in total. The first-order chi connectivity index (χ1) is 8.26. The zero-order valence-electron chi connectivity index (χ0n) is 10.4. The topological polar surface area (TPSA) is 39.1 Å². The van der Waals surface area contributed by atoms with Crippen molar-refractivity contribution < 1.29 is 4.74 Å². The van der Waals surface area contributed by atoms with Crippen molar-refractivity contribution in [3.8, 4) is 17.0 Å². The van der Waals surface area contributed by atoms with Crippen molar-refractivity contribution in [2.45, 2.75) is 6.54 Å². The maximum absolute atomic E-state index is 5.25. The maximum Gasteiger partial charge on any atom is 0.119 e. The summed E-state index contributed by atoms with van der Waals surface area (Å²) in [7, 11) is 5.60. The zero-order chi connectivity index (χ0) is 12.3. The Morgan fingerprint density at radius 3 is 2.94 bits per heavy atom. The third-order valence-corrected chi connectivity index (χ3v) is 2.70. The molecule has 0 aliphatic heterocycles. The van der Waals surface area contributed by atoms with Crippen molar-refractivity contribution in [3.05, 3.63) is 36.3 Å². The molecule has 90 valence electrons. The van der Waals surface area contributed by atoms with E-state index in [-0.39, 0.29) is 0 Å². The van der Waals surface area contributed by atoms with Crippen LogP contribution in [-0.2, 0) is 13.6 Å². The summed E-state index contributed by atoms with van der Waals surface area (Å²) in [5.74, 6) is 0.860. The average Bonchev–Trinajstić information content (AvgIpc) is 2.71. The predicted molar refractivity (Wildman–Crippen MR) is 68.0 cm³/mol. The lowest BCUT2D eigenvalue weighted by Gasteiger charge is -2.08. The van der Waals surface area contributed by atoms with Crippen LogP contribution in [-0.4, -0.2) is 23.7 Å². The highest BCUT2D eigenvalue weighted by Gasteiger charge is 2.10. The van der Waals surface area contributed by atoms with Gasteiger partial charge in [0.1, 0.15) is 5.75 Å². The number of hydrogen-bond acceptors (Lipinski definition) is 3. The molecule has 4 nitrogen and oxygen atoms in total. The van der Waals surface area contributed by atoms with Crippen LogP contribution in [0.25, 0.3) is 11.3 Å². The van der Waals surface area contributed by atoms with E-state index in [0.717, 1.165) is 29.2 Å². The Bertz CT molecular complexity index is 505. The molecule has 0 aliphatic rings. The Hall–Kier alpha value is -1.81. The third-order valence-electron chi connectivity index (χ3n) is 2.70. The van der Waals surface area contributed by atoms with Gasteiger partial charge in [-0.2, -0.15) is 0 Å². The number of nitrogens with one attached hydrogen (secondary N) is 1. The summed E-state index contributed by atoms with van der Waals surface area (Å²) in [5.41, 5.74) is 3.29. The fourth-order valence-electron chi connectivity index (χ4n) is 1.92. The van der Waals surface area contributed by atoms with E-state index in [1.807, 2.05) is 43.2 Å². The Kier molecular flexibility index (Phi) is 3.44. The molecule has 2 aromatic rings. The van der Waals surface area contributed by atoms with Gasteiger partial charge in [-0.25, -0.2) is 4.98 Å². The van der Waals surface area contributed by atoms with Crippen LogP contribution in [0.15, 0.2) is 30.6 Å². The van der Waals surface area contributed by atoms with Crippen molar-refractivity contribution in [1.29, 1.82) is 0 Å². The van der Waals surface area contributed by atoms with E-state index in [2.05, 4.69) is 16.4 Å². The zero-order valence-corrected chi connectivity index (χ0v) is 10.4. The molecule has 0 radical (unpaired) electrons. The largest absolute Gasteiger partial charge is 0.497 e. The van der Waals surface area contributed by atoms with Gasteiger partial charge in [-0.15, -0.1) is 0 Å². The van der Waals surface area contributed by atoms with Crippen molar-refractivity contribution in [2.75, 3.05) is 14.2 Å². The molecule has 0 saturated carbocycles. The quantitative estimate of drug-likeness (QED) is 0.872. The Morgan fingerprint density at radius 2 is 2.24 bits per heavy atom.